The molecule has 0 spiro atoms. The number of alkyl halides is 3. The number of aromatic nitrogens is 2. The molecule has 1 aromatic rings. The van der Waals surface area contributed by atoms with Crippen LogP contribution < -0.4 is 0 Å². The SMILES string of the molecule is CC(C)Cc1n[c]cc(COC(F)(F)F)n1. The van der Waals surface area contributed by atoms with Crippen LogP contribution in [0.25, 0.3) is 0 Å². The molecule has 0 N–H and O–H groups in total. The monoisotopic (exact) mass is 233 g/mol. The normalized spacial score (nSPS) is 12.1. The van der Waals surface area contributed by atoms with Crippen LogP contribution in [0.5, 0.6) is 0 Å². The summed E-state index contributed by atoms with van der Waals surface area (Å²) < 4.78 is 39.0. The predicted octanol–water partition coefficient (Wildman–Crippen LogP) is 2.51. The molecule has 1 aromatic heterocycles. The van der Waals surface area contributed by atoms with Crippen LogP contribution in [0.1, 0.15) is 25.4 Å². The number of hydrogen-bond acceptors (Lipinski definition) is 3. The third-order valence-corrected chi connectivity index (χ3v) is 1.67. The number of hydrogen-bond donors (Lipinski definition) is 0. The molecule has 6 heteroatoms. The lowest BCUT2D eigenvalue weighted by Gasteiger charge is -2.08. The molecule has 0 aliphatic heterocycles. The lowest BCUT2D eigenvalue weighted by molar-refractivity contribution is -0.330. The van der Waals surface area contributed by atoms with E-state index in [1.54, 1.807) is 0 Å². The standard InChI is InChI=1S/C10H12F3N2O/c1-7(2)5-9-14-4-3-8(15-9)6-16-10(11,12)13/h3,7H,5-6H2,1-2H3. The van der Waals surface area contributed by atoms with E-state index in [9.17, 15) is 13.2 Å². The van der Waals surface area contributed by atoms with Crippen LogP contribution in [0.3, 0.4) is 0 Å². The van der Waals surface area contributed by atoms with Crippen LogP contribution in [-0.4, -0.2) is 16.3 Å². The lowest BCUT2D eigenvalue weighted by Crippen LogP contribution is -2.14. The first kappa shape index (κ1) is 12.9. The van der Waals surface area contributed by atoms with E-state index in [4.69, 9.17) is 0 Å². The molecule has 16 heavy (non-hydrogen) atoms. The topological polar surface area (TPSA) is 35.0 Å². The van der Waals surface area contributed by atoms with Crippen molar-refractivity contribution in [1.29, 1.82) is 0 Å². The van der Waals surface area contributed by atoms with Crippen molar-refractivity contribution in [2.24, 2.45) is 5.92 Å². The van der Waals surface area contributed by atoms with Crippen LogP contribution in [0.2, 0.25) is 0 Å². The Bertz CT molecular complexity index is 339. The van der Waals surface area contributed by atoms with Gasteiger partial charge in [-0.2, -0.15) is 0 Å². The lowest BCUT2D eigenvalue weighted by atomic mass is 10.1. The van der Waals surface area contributed by atoms with Gasteiger partial charge in [-0.3, -0.25) is 4.74 Å². The van der Waals surface area contributed by atoms with Gasteiger partial charge >= 0.3 is 6.36 Å². The van der Waals surface area contributed by atoms with Crippen molar-refractivity contribution < 1.29 is 17.9 Å². The Morgan fingerprint density at radius 1 is 1.44 bits per heavy atom. The van der Waals surface area contributed by atoms with Gasteiger partial charge in [0.05, 0.1) is 18.5 Å². The van der Waals surface area contributed by atoms with Gasteiger partial charge in [0, 0.05) is 6.42 Å². The summed E-state index contributed by atoms with van der Waals surface area (Å²) in [6, 6.07) is 1.29. The second kappa shape index (κ2) is 5.25. The smallest absolute Gasteiger partial charge is 0.285 e. The van der Waals surface area contributed by atoms with Crippen LogP contribution in [0.4, 0.5) is 13.2 Å². The van der Waals surface area contributed by atoms with E-state index >= 15 is 0 Å². The van der Waals surface area contributed by atoms with Crippen molar-refractivity contribution in [3.05, 3.63) is 23.8 Å². The molecule has 1 heterocycles. The van der Waals surface area contributed by atoms with Gasteiger partial charge in [-0.25, -0.2) is 9.97 Å². The maximum absolute atomic E-state index is 11.8. The van der Waals surface area contributed by atoms with Crippen LogP contribution in [0, 0.1) is 12.1 Å². The third-order valence-electron chi connectivity index (χ3n) is 1.67. The molecule has 1 radical (unpaired) electrons. The van der Waals surface area contributed by atoms with Gasteiger partial charge in [0.25, 0.3) is 0 Å². The third kappa shape index (κ3) is 5.06. The van der Waals surface area contributed by atoms with Gasteiger partial charge in [-0.1, -0.05) is 13.8 Å². The molecule has 0 saturated heterocycles. The van der Waals surface area contributed by atoms with Crippen LogP contribution in [-0.2, 0) is 17.8 Å². The molecule has 0 aliphatic carbocycles. The molecular weight excluding hydrogens is 221 g/mol. The highest BCUT2D eigenvalue weighted by molar-refractivity contribution is 5.00. The fourth-order valence-corrected chi connectivity index (χ4v) is 1.09. The Morgan fingerprint density at radius 3 is 2.69 bits per heavy atom. The largest absolute Gasteiger partial charge is 0.522 e. The molecule has 1 rings (SSSR count). The molecule has 0 saturated carbocycles. The minimum absolute atomic E-state index is 0.183. The molecule has 0 aromatic carbocycles. The first-order valence-electron chi connectivity index (χ1n) is 4.80. The van der Waals surface area contributed by atoms with E-state index in [0.717, 1.165) is 0 Å². The zero-order valence-corrected chi connectivity index (χ0v) is 9.01. The fraction of sp³-hybridized carbons (Fsp3) is 0.600. The molecule has 3 nitrogen and oxygen atoms in total. The molecular formula is C10H12F3N2O. The highest BCUT2D eigenvalue weighted by atomic mass is 19.4. The number of nitrogens with zero attached hydrogens (tertiary/aromatic N) is 2. The zero-order chi connectivity index (χ0) is 12.2. The zero-order valence-electron chi connectivity index (χ0n) is 9.01. The van der Waals surface area contributed by atoms with Crippen molar-refractivity contribution in [2.75, 3.05) is 0 Å². The van der Waals surface area contributed by atoms with E-state index in [1.807, 2.05) is 13.8 Å². The van der Waals surface area contributed by atoms with Gasteiger partial charge < -0.3 is 0 Å². The Hall–Kier alpha value is -1.17. The average molecular weight is 233 g/mol. The Balaban J connectivity index is 2.60. The summed E-state index contributed by atoms with van der Waals surface area (Å²) in [7, 11) is 0. The predicted molar refractivity (Wildman–Crippen MR) is 50.3 cm³/mol. The summed E-state index contributed by atoms with van der Waals surface area (Å²) in [6.45, 7) is 3.35. The molecule has 0 unspecified atom stereocenters. The van der Waals surface area contributed by atoms with E-state index in [0.29, 0.717) is 18.2 Å². The Labute approximate surface area is 91.7 Å². The fourth-order valence-electron chi connectivity index (χ4n) is 1.09. The van der Waals surface area contributed by atoms with Crippen molar-refractivity contribution in [1.82, 2.24) is 9.97 Å². The highest BCUT2D eigenvalue weighted by Crippen LogP contribution is 2.18. The summed E-state index contributed by atoms with van der Waals surface area (Å²) in [5.74, 6) is 0.824. The highest BCUT2D eigenvalue weighted by Gasteiger charge is 2.29. The summed E-state index contributed by atoms with van der Waals surface area (Å²) in [6.07, 6.45) is -1.52. The Morgan fingerprint density at radius 2 is 2.12 bits per heavy atom. The van der Waals surface area contributed by atoms with E-state index in [1.165, 1.54) is 6.07 Å². The first-order valence-corrected chi connectivity index (χ1v) is 4.80. The van der Waals surface area contributed by atoms with Crippen molar-refractivity contribution in [3.8, 4) is 0 Å². The van der Waals surface area contributed by atoms with Gasteiger partial charge in [-0.15, -0.1) is 13.2 Å². The second-order valence-corrected chi connectivity index (χ2v) is 3.74. The summed E-state index contributed by atoms with van der Waals surface area (Å²) in [4.78, 5) is 7.80. The summed E-state index contributed by atoms with van der Waals surface area (Å²) >= 11 is 0. The average Bonchev–Trinajstić information content (AvgIpc) is 2.13. The molecule has 0 fully saturated rings. The number of ether oxygens (including phenoxy) is 1. The second-order valence-electron chi connectivity index (χ2n) is 3.74. The molecule has 89 valence electrons. The first-order chi connectivity index (χ1) is 7.37. The molecule has 0 amide bonds. The molecule has 0 bridgehead atoms. The van der Waals surface area contributed by atoms with E-state index < -0.39 is 13.0 Å². The molecule has 0 atom stereocenters. The van der Waals surface area contributed by atoms with Crippen LogP contribution in [0.15, 0.2) is 6.07 Å². The molecule has 0 aliphatic rings. The maximum Gasteiger partial charge on any atom is 0.522 e. The quantitative estimate of drug-likeness (QED) is 0.801. The summed E-state index contributed by atoms with van der Waals surface area (Å²) in [5, 5.41) is 0. The van der Waals surface area contributed by atoms with Crippen LogP contribution >= 0.6 is 0 Å². The van der Waals surface area contributed by atoms with Gasteiger partial charge in [0.15, 0.2) is 0 Å². The number of rotatable bonds is 4. The number of halogens is 3. The van der Waals surface area contributed by atoms with Crippen molar-refractivity contribution in [2.45, 2.75) is 33.2 Å². The Kier molecular flexibility index (Phi) is 4.23. The summed E-state index contributed by atoms with van der Waals surface area (Å²) in [5.41, 5.74) is 0.183. The minimum Gasteiger partial charge on any atom is -0.285 e. The van der Waals surface area contributed by atoms with Gasteiger partial charge in [0.2, 0.25) is 0 Å². The van der Waals surface area contributed by atoms with Gasteiger partial charge in [0.1, 0.15) is 5.82 Å². The van der Waals surface area contributed by atoms with Crippen molar-refractivity contribution in [3.63, 3.8) is 0 Å². The maximum atomic E-state index is 11.8. The van der Waals surface area contributed by atoms with Gasteiger partial charge in [-0.05, 0) is 12.0 Å². The van der Waals surface area contributed by atoms with E-state index in [2.05, 4.69) is 20.9 Å². The van der Waals surface area contributed by atoms with Crippen molar-refractivity contribution >= 4 is 0 Å². The minimum atomic E-state index is -4.64. The van der Waals surface area contributed by atoms with E-state index in [-0.39, 0.29) is 5.69 Å².